The molecule has 0 unspecified atom stereocenters. The standard InChI is InChI=1S/C12H19NO2/c1-10-3-4-11(15-10)9-13-7-5-12(2,14)6-8-13/h3-4,14H,5-9H2,1-2H3. The van der Waals surface area contributed by atoms with Crippen LogP contribution in [-0.2, 0) is 6.54 Å². The van der Waals surface area contributed by atoms with E-state index in [1.807, 2.05) is 26.0 Å². The molecule has 2 rings (SSSR count). The topological polar surface area (TPSA) is 36.6 Å². The van der Waals surface area contributed by atoms with E-state index >= 15 is 0 Å². The first-order valence-electron chi connectivity index (χ1n) is 5.55. The summed E-state index contributed by atoms with van der Waals surface area (Å²) in [5.74, 6) is 1.99. The number of piperidine rings is 1. The maximum Gasteiger partial charge on any atom is 0.118 e. The van der Waals surface area contributed by atoms with Crippen molar-refractivity contribution < 1.29 is 9.52 Å². The molecule has 1 aromatic rings. The van der Waals surface area contributed by atoms with Crippen molar-refractivity contribution in [3.63, 3.8) is 0 Å². The third-order valence-corrected chi connectivity index (χ3v) is 3.11. The van der Waals surface area contributed by atoms with Crippen molar-refractivity contribution in [2.75, 3.05) is 13.1 Å². The predicted octanol–water partition coefficient (Wildman–Crippen LogP) is 1.93. The van der Waals surface area contributed by atoms with Crippen LogP contribution in [0.2, 0.25) is 0 Å². The fourth-order valence-electron chi connectivity index (χ4n) is 1.98. The Bertz CT molecular complexity index is 320. The molecule has 1 aromatic heterocycles. The first kappa shape index (κ1) is 10.7. The number of aliphatic hydroxyl groups is 1. The maximum absolute atomic E-state index is 9.81. The molecule has 1 N–H and O–H groups in total. The summed E-state index contributed by atoms with van der Waals surface area (Å²) in [7, 11) is 0. The minimum absolute atomic E-state index is 0.463. The Morgan fingerprint density at radius 3 is 2.60 bits per heavy atom. The Labute approximate surface area is 90.7 Å². The molecule has 1 fully saturated rings. The summed E-state index contributed by atoms with van der Waals surface area (Å²) in [6.45, 7) is 6.65. The van der Waals surface area contributed by atoms with Gasteiger partial charge in [-0.05, 0) is 38.8 Å². The highest BCUT2D eigenvalue weighted by atomic mass is 16.3. The lowest BCUT2D eigenvalue weighted by Crippen LogP contribution is -2.41. The summed E-state index contributed by atoms with van der Waals surface area (Å²) in [6.07, 6.45) is 1.71. The highest BCUT2D eigenvalue weighted by Crippen LogP contribution is 2.22. The van der Waals surface area contributed by atoms with Gasteiger partial charge in [-0.1, -0.05) is 0 Å². The number of hydrogen-bond acceptors (Lipinski definition) is 3. The Kier molecular flexibility index (Phi) is 2.85. The van der Waals surface area contributed by atoms with Gasteiger partial charge in [-0.25, -0.2) is 0 Å². The first-order chi connectivity index (χ1) is 7.05. The first-order valence-corrected chi connectivity index (χ1v) is 5.55. The molecule has 1 saturated heterocycles. The molecule has 1 aliphatic rings. The third kappa shape index (κ3) is 2.83. The van der Waals surface area contributed by atoms with Crippen LogP contribution in [0, 0.1) is 6.92 Å². The Balaban J connectivity index is 1.87. The lowest BCUT2D eigenvalue weighted by Gasteiger charge is -2.35. The van der Waals surface area contributed by atoms with Crippen molar-refractivity contribution in [2.24, 2.45) is 0 Å². The van der Waals surface area contributed by atoms with Gasteiger partial charge >= 0.3 is 0 Å². The van der Waals surface area contributed by atoms with E-state index in [4.69, 9.17) is 4.42 Å². The highest BCUT2D eigenvalue weighted by molar-refractivity contribution is 5.05. The summed E-state index contributed by atoms with van der Waals surface area (Å²) >= 11 is 0. The van der Waals surface area contributed by atoms with Crippen LogP contribution in [0.5, 0.6) is 0 Å². The van der Waals surface area contributed by atoms with E-state index in [0.29, 0.717) is 0 Å². The average Bonchev–Trinajstić information content (AvgIpc) is 2.55. The van der Waals surface area contributed by atoms with E-state index in [0.717, 1.165) is 44.0 Å². The fraction of sp³-hybridized carbons (Fsp3) is 0.667. The summed E-state index contributed by atoms with van der Waals surface area (Å²) in [6, 6.07) is 4.03. The zero-order valence-electron chi connectivity index (χ0n) is 9.49. The highest BCUT2D eigenvalue weighted by Gasteiger charge is 2.27. The zero-order chi connectivity index (χ0) is 10.9. The van der Waals surface area contributed by atoms with E-state index in [9.17, 15) is 5.11 Å². The van der Waals surface area contributed by atoms with Gasteiger partial charge in [0, 0.05) is 13.1 Å². The van der Waals surface area contributed by atoms with E-state index in [-0.39, 0.29) is 0 Å². The number of rotatable bonds is 2. The Hall–Kier alpha value is -0.800. The van der Waals surface area contributed by atoms with Gasteiger partial charge in [0.05, 0.1) is 12.1 Å². The van der Waals surface area contributed by atoms with Crippen LogP contribution in [0.4, 0.5) is 0 Å². The van der Waals surface area contributed by atoms with E-state index in [2.05, 4.69) is 4.90 Å². The van der Waals surface area contributed by atoms with Crippen LogP contribution in [0.15, 0.2) is 16.5 Å². The normalized spacial score (nSPS) is 21.8. The van der Waals surface area contributed by atoms with Crippen molar-refractivity contribution in [2.45, 2.75) is 38.8 Å². The molecule has 15 heavy (non-hydrogen) atoms. The fourth-order valence-corrected chi connectivity index (χ4v) is 1.98. The molecule has 0 bridgehead atoms. The van der Waals surface area contributed by atoms with Crippen molar-refractivity contribution in [1.82, 2.24) is 4.90 Å². The molecule has 84 valence electrons. The van der Waals surface area contributed by atoms with Crippen LogP contribution in [0.3, 0.4) is 0 Å². The van der Waals surface area contributed by atoms with Crippen molar-refractivity contribution in [3.8, 4) is 0 Å². The maximum atomic E-state index is 9.81. The quantitative estimate of drug-likeness (QED) is 0.808. The Morgan fingerprint density at radius 1 is 1.40 bits per heavy atom. The lowest BCUT2D eigenvalue weighted by atomic mass is 9.94. The smallest absolute Gasteiger partial charge is 0.118 e. The molecule has 0 saturated carbocycles. The minimum atomic E-state index is -0.463. The van der Waals surface area contributed by atoms with Crippen molar-refractivity contribution in [3.05, 3.63) is 23.7 Å². The van der Waals surface area contributed by atoms with Crippen molar-refractivity contribution in [1.29, 1.82) is 0 Å². The summed E-state index contributed by atoms with van der Waals surface area (Å²) < 4.78 is 5.53. The average molecular weight is 209 g/mol. The lowest BCUT2D eigenvalue weighted by molar-refractivity contribution is -0.00875. The molecule has 0 amide bonds. The van der Waals surface area contributed by atoms with Gasteiger partial charge in [0.2, 0.25) is 0 Å². The van der Waals surface area contributed by atoms with Crippen LogP contribution in [-0.4, -0.2) is 28.7 Å². The van der Waals surface area contributed by atoms with Gasteiger partial charge in [0.15, 0.2) is 0 Å². The summed E-state index contributed by atoms with van der Waals surface area (Å²) in [4.78, 5) is 2.33. The number of aryl methyl sites for hydroxylation is 1. The molecule has 1 aliphatic heterocycles. The molecule has 0 spiro atoms. The molecule has 3 nitrogen and oxygen atoms in total. The number of furan rings is 1. The van der Waals surface area contributed by atoms with Gasteiger partial charge < -0.3 is 9.52 Å². The van der Waals surface area contributed by atoms with Gasteiger partial charge in [-0.2, -0.15) is 0 Å². The summed E-state index contributed by atoms with van der Waals surface area (Å²) in [5, 5.41) is 9.81. The molecular weight excluding hydrogens is 190 g/mol. The molecule has 0 atom stereocenters. The number of hydrogen-bond donors (Lipinski definition) is 1. The second-order valence-corrected chi connectivity index (χ2v) is 4.79. The Morgan fingerprint density at radius 2 is 2.07 bits per heavy atom. The van der Waals surface area contributed by atoms with Gasteiger partial charge in [-0.3, -0.25) is 4.90 Å². The molecule has 0 radical (unpaired) electrons. The predicted molar refractivity (Wildman–Crippen MR) is 58.6 cm³/mol. The largest absolute Gasteiger partial charge is 0.465 e. The molecule has 3 heteroatoms. The third-order valence-electron chi connectivity index (χ3n) is 3.11. The molecule has 0 aliphatic carbocycles. The van der Waals surface area contributed by atoms with Gasteiger partial charge in [-0.15, -0.1) is 0 Å². The van der Waals surface area contributed by atoms with Gasteiger partial charge in [0.1, 0.15) is 11.5 Å². The zero-order valence-corrected chi connectivity index (χ0v) is 9.49. The number of nitrogens with zero attached hydrogens (tertiary/aromatic N) is 1. The van der Waals surface area contributed by atoms with Gasteiger partial charge in [0.25, 0.3) is 0 Å². The van der Waals surface area contributed by atoms with Crippen LogP contribution >= 0.6 is 0 Å². The SMILES string of the molecule is Cc1ccc(CN2CCC(C)(O)CC2)o1. The minimum Gasteiger partial charge on any atom is -0.465 e. The van der Waals surface area contributed by atoms with Crippen LogP contribution < -0.4 is 0 Å². The summed E-state index contributed by atoms with van der Waals surface area (Å²) in [5.41, 5.74) is -0.463. The van der Waals surface area contributed by atoms with Crippen molar-refractivity contribution >= 4 is 0 Å². The van der Waals surface area contributed by atoms with E-state index in [1.54, 1.807) is 0 Å². The second-order valence-electron chi connectivity index (χ2n) is 4.79. The molecule has 0 aromatic carbocycles. The monoisotopic (exact) mass is 209 g/mol. The molecular formula is C12H19NO2. The van der Waals surface area contributed by atoms with Crippen LogP contribution in [0.25, 0.3) is 0 Å². The second kappa shape index (κ2) is 3.99. The van der Waals surface area contributed by atoms with E-state index in [1.165, 1.54) is 0 Å². The van der Waals surface area contributed by atoms with Crippen LogP contribution in [0.1, 0.15) is 31.3 Å². The number of likely N-dealkylation sites (tertiary alicyclic amines) is 1. The molecule has 2 heterocycles. The van der Waals surface area contributed by atoms with E-state index < -0.39 is 5.60 Å².